The van der Waals surface area contributed by atoms with Gasteiger partial charge >= 0.3 is 5.97 Å². The van der Waals surface area contributed by atoms with Crippen LogP contribution in [0.1, 0.15) is 51.1 Å². The van der Waals surface area contributed by atoms with Gasteiger partial charge in [-0.2, -0.15) is 5.26 Å². The van der Waals surface area contributed by atoms with Gasteiger partial charge in [0, 0.05) is 30.7 Å². The van der Waals surface area contributed by atoms with Crippen molar-refractivity contribution in [3.63, 3.8) is 0 Å². The zero-order valence-corrected chi connectivity index (χ0v) is 22.8. The summed E-state index contributed by atoms with van der Waals surface area (Å²) in [4.78, 5) is 23.6. The molecule has 0 aliphatic carbocycles. The number of imidazole rings is 1. The minimum absolute atomic E-state index is 0.0601. The number of benzene rings is 1. The number of pyridine rings is 1. The molecule has 41 heavy (non-hydrogen) atoms. The number of nitriles is 1. The summed E-state index contributed by atoms with van der Waals surface area (Å²) >= 11 is 1.14. The minimum Gasteiger partial charge on any atom is -0.477 e. The molecular formula is C29H27F2N5O4S. The standard InChI is InChI=1S/C29H27F2N5O4S/c30-21-10-17(12-32)4-5-18(21)16-40-27-3-1-2-23(33-27)20-6-8-35(14-22(20)31)15-26-34-28-24(11-25(41-28)29(37)38)36(26)13-19-7-9-39-19/h1-5,10-11,19-20,22H,6-9,13-16H2,(H,37,38). The number of aromatic carboxylic acids is 1. The Balaban J connectivity index is 1.11. The van der Waals surface area contributed by atoms with Gasteiger partial charge in [0.25, 0.3) is 0 Å². The Bertz CT molecular complexity index is 1630. The van der Waals surface area contributed by atoms with Gasteiger partial charge in [-0.05, 0) is 43.7 Å². The second-order valence-corrected chi connectivity index (χ2v) is 11.3. The number of carboxylic acid groups (broad SMARTS) is 1. The molecule has 1 N–H and O–H groups in total. The molecule has 2 fully saturated rings. The van der Waals surface area contributed by atoms with E-state index in [-0.39, 0.29) is 35.6 Å². The molecule has 3 unspecified atom stereocenters. The van der Waals surface area contributed by atoms with Crippen LogP contribution in [0.4, 0.5) is 8.78 Å². The summed E-state index contributed by atoms with van der Waals surface area (Å²) in [5.41, 5.74) is 1.89. The first-order valence-electron chi connectivity index (χ1n) is 13.4. The van der Waals surface area contributed by atoms with E-state index in [1.807, 2.05) is 15.5 Å². The lowest BCUT2D eigenvalue weighted by Crippen LogP contribution is -2.41. The van der Waals surface area contributed by atoms with Crippen LogP contribution in [0.3, 0.4) is 0 Å². The predicted octanol–water partition coefficient (Wildman–Crippen LogP) is 4.90. The van der Waals surface area contributed by atoms with Crippen LogP contribution >= 0.6 is 11.3 Å². The number of thiophene rings is 1. The Morgan fingerprint density at radius 2 is 2.10 bits per heavy atom. The largest absolute Gasteiger partial charge is 0.477 e. The van der Waals surface area contributed by atoms with E-state index in [4.69, 9.17) is 19.7 Å². The molecule has 4 aromatic rings. The number of hydrogen-bond donors (Lipinski definition) is 1. The second-order valence-electron chi connectivity index (χ2n) is 10.3. The van der Waals surface area contributed by atoms with Crippen molar-refractivity contribution in [1.82, 2.24) is 19.4 Å². The number of hydrogen-bond acceptors (Lipinski definition) is 8. The lowest BCUT2D eigenvalue weighted by Gasteiger charge is -2.34. The Labute approximate surface area is 238 Å². The molecule has 1 aromatic carbocycles. The van der Waals surface area contributed by atoms with Gasteiger partial charge in [0.05, 0.1) is 42.0 Å². The van der Waals surface area contributed by atoms with Gasteiger partial charge in [-0.25, -0.2) is 23.5 Å². The fourth-order valence-electron chi connectivity index (χ4n) is 5.27. The molecule has 0 saturated carbocycles. The Kier molecular flexibility index (Phi) is 7.66. The Morgan fingerprint density at radius 3 is 2.80 bits per heavy atom. The minimum atomic E-state index is -1.17. The van der Waals surface area contributed by atoms with E-state index in [1.165, 1.54) is 12.1 Å². The fraction of sp³-hybridized carbons (Fsp3) is 0.379. The van der Waals surface area contributed by atoms with Crippen molar-refractivity contribution in [2.45, 2.75) is 50.7 Å². The number of nitrogens with zero attached hydrogens (tertiary/aromatic N) is 5. The van der Waals surface area contributed by atoms with Crippen LogP contribution in [0.2, 0.25) is 0 Å². The molecule has 3 atom stereocenters. The van der Waals surface area contributed by atoms with Gasteiger partial charge in [0.1, 0.15) is 34.1 Å². The van der Waals surface area contributed by atoms with Gasteiger partial charge in [-0.1, -0.05) is 12.1 Å². The quantitative estimate of drug-likeness (QED) is 0.298. The van der Waals surface area contributed by atoms with Crippen molar-refractivity contribution in [3.8, 4) is 11.9 Å². The zero-order chi connectivity index (χ0) is 28.5. The Morgan fingerprint density at radius 1 is 1.24 bits per heavy atom. The number of ether oxygens (including phenoxy) is 2. The topological polar surface area (TPSA) is 114 Å². The molecule has 2 saturated heterocycles. The Hall–Kier alpha value is -3.92. The summed E-state index contributed by atoms with van der Waals surface area (Å²) < 4.78 is 43.1. The smallest absolute Gasteiger partial charge is 0.346 e. The maximum absolute atomic E-state index is 15.5. The van der Waals surface area contributed by atoms with Crippen molar-refractivity contribution in [3.05, 3.63) is 75.8 Å². The lowest BCUT2D eigenvalue weighted by molar-refractivity contribution is -0.0592. The highest BCUT2D eigenvalue weighted by atomic mass is 32.1. The van der Waals surface area contributed by atoms with E-state index in [9.17, 15) is 14.3 Å². The summed E-state index contributed by atoms with van der Waals surface area (Å²) in [5.74, 6) is -0.867. The number of likely N-dealkylation sites (tertiary alicyclic amines) is 1. The van der Waals surface area contributed by atoms with Gasteiger partial charge in [-0.15, -0.1) is 11.3 Å². The third-order valence-corrected chi connectivity index (χ3v) is 8.60. The van der Waals surface area contributed by atoms with Crippen molar-refractivity contribution in [2.24, 2.45) is 0 Å². The van der Waals surface area contributed by atoms with E-state index in [0.717, 1.165) is 35.2 Å². The van der Waals surface area contributed by atoms with Crippen molar-refractivity contribution < 1.29 is 28.2 Å². The SMILES string of the molecule is N#Cc1ccc(COc2cccc(C3CCN(Cc4nc5sc(C(=O)O)cc5n4CC4CCO4)CC3F)n2)c(F)c1. The number of carboxylic acids is 1. The average molecular weight is 580 g/mol. The van der Waals surface area contributed by atoms with Crippen LogP contribution in [0.25, 0.3) is 10.3 Å². The van der Waals surface area contributed by atoms with E-state index < -0.39 is 23.9 Å². The van der Waals surface area contributed by atoms with Crippen LogP contribution in [0.5, 0.6) is 5.88 Å². The molecular weight excluding hydrogens is 552 g/mol. The van der Waals surface area contributed by atoms with E-state index in [1.54, 1.807) is 24.3 Å². The molecule has 3 aromatic heterocycles. The zero-order valence-electron chi connectivity index (χ0n) is 22.0. The maximum atomic E-state index is 15.5. The molecule has 12 heteroatoms. The second kappa shape index (κ2) is 11.5. The summed E-state index contributed by atoms with van der Waals surface area (Å²) in [6.07, 6.45) is 0.380. The number of halogens is 2. The predicted molar refractivity (Wildman–Crippen MR) is 146 cm³/mol. The van der Waals surface area contributed by atoms with Crippen LogP contribution in [0.15, 0.2) is 42.5 Å². The molecule has 2 aliphatic rings. The molecule has 0 amide bonds. The average Bonchev–Trinajstić information content (AvgIpc) is 3.48. The molecule has 9 nitrogen and oxygen atoms in total. The summed E-state index contributed by atoms with van der Waals surface area (Å²) in [6, 6.07) is 12.9. The highest BCUT2D eigenvalue weighted by Crippen LogP contribution is 2.33. The van der Waals surface area contributed by atoms with Crippen molar-refractivity contribution in [2.75, 3.05) is 19.7 Å². The van der Waals surface area contributed by atoms with E-state index >= 15 is 4.39 Å². The number of carbonyl (C=O) groups is 1. The number of aromatic nitrogens is 3. The van der Waals surface area contributed by atoms with Crippen LogP contribution in [0, 0.1) is 17.1 Å². The van der Waals surface area contributed by atoms with E-state index in [2.05, 4.69) is 4.98 Å². The first-order valence-corrected chi connectivity index (χ1v) is 14.2. The number of fused-ring (bicyclic) bond motifs is 1. The van der Waals surface area contributed by atoms with Gasteiger partial charge in [0.2, 0.25) is 5.88 Å². The van der Waals surface area contributed by atoms with Crippen LogP contribution in [-0.4, -0.2) is 62.5 Å². The molecule has 2 aliphatic heterocycles. The molecule has 6 rings (SSSR count). The highest BCUT2D eigenvalue weighted by Gasteiger charge is 2.33. The first kappa shape index (κ1) is 27.3. The molecule has 5 heterocycles. The number of alkyl halides is 1. The molecule has 0 bridgehead atoms. The fourth-order valence-corrected chi connectivity index (χ4v) is 6.16. The summed E-state index contributed by atoms with van der Waals surface area (Å²) in [5, 5.41) is 18.3. The third-order valence-electron chi connectivity index (χ3n) is 7.59. The monoisotopic (exact) mass is 579 g/mol. The summed E-state index contributed by atoms with van der Waals surface area (Å²) in [6.45, 7) is 2.52. The first-order chi connectivity index (χ1) is 19.9. The van der Waals surface area contributed by atoms with Gasteiger partial charge < -0.3 is 19.1 Å². The molecule has 0 spiro atoms. The van der Waals surface area contributed by atoms with Crippen molar-refractivity contribution >= 4 is 27.7 Å². The third kappa shape index (κ3) is 5.79. The normalized spacial score (nSPS) is 21.0. The van der Waals surface area contributed by atoms with Crippen molar-refractivity contribution in [1.29, 1.82) is 5.26 Å². The van der Waals surface area contributed by atoms with Crippen LogP contribution < -0.4 is 4.74 Å². The maximum Gasteiger partial charge on any atom is 0.346 e. The molecule has 0 radical (unpaired) electrons. The van der Waals surface area contributed by atoms with Gasteiger partial charge in [-0.3, -0.25) is 4.90 Å². The van der Waals surface area contributed by atoms with E-state index in [0.29, 0.717) is 48.7 Å². The summed E-state index contributed by atoms with van der Waals surface area (Å²) in [7, 11) is 0. The van der Waals surface area contributed by atoms with Gasteiger partial charge in [0.15, 0.2) is 0 Å². The highest BCUT2D eigenvalue weighted by molar-refractivity contribution is 7.20. The number of piperidine rings is 1. The van der Waals surface area contributed by atoms with Crippen LogP contribution in [-0.2, 0) is 24.4 Å². The number of rotatable bonds is 9. The lowest BCUT2D eigenvalue weighted by atomic mass is 9.91. The molecule has 212 valence electrons.